The van der Waals surface area contributed by atoms with Gasteiger partial charge in [0.2, 0.25) is 0 Å². The Kier molecular flexibility index (Phi) is 7.08. The predicted octanol–water partition coefficient (Wildman–Crippen LogP) is 3.62. The first-order chi connectivity index (χ1) is 11.9. The average molecular weight is 340 g/mol. The van der Waals surface area contributed by atoms with Gasteiger partial charge in [-0.3, -0.25) is 0 Å². The number of hydrogen-bond donors (Lipinski definition) is 0. The number of unbranched alkanes of at least 4 members (excludes halogenated alkanes) is 1. The second-order valence-electron chi connectivity index (χ2n) is 6.33. The minimum Gasteiger partial charge on any atom is -0.353 e. The van der Waals surface area contributed by atoms with Crippen molar-refractivity contribution in [1.82, 2.24) is 0 Å². The van der Waals surface area contributed by atoms with Crippen LogP contribution in [0.15, 0.2) is 60.7 Å². The molecule has 1 heterocycles. The Labute approximate surface area is 147 Å². The fourth-order valence-electron chi connectivity index (χ4n) is 3.20. The monoisotopic (exact) mass is 339 g/mol. The van der Waals surface area contributed by atoms with Crippen molar-refractivity contribution in [1.29, 1.82) is 0 Å². The van der Waals surface area contributed by atoms with E-state index in [1.165, 1.54) is 35.7 Å². The molecule has 0 saturated carbocycles. The first-order valence-electron chi connectivity index (χ1n) is 9.13. The van der Waals surface area contributed by atoms with Crippen LogP contribution in [0.25, 0.3) is 0 Å². The number of benzene rings is 2. The van der Waals surface area contributed by atoms with Crippen LogP contribution in [0.3, 0.4) is 0 Å². The molecule has 0 amide bonds. The predicted molar refractivity (Wildman–Crippen MR) is 101 cm³/mol. The van der Waals surface area contributed by atoms with E-state index in [2.05, 4.69) is 60.7 Å². The zero-order valence-electron chi connectivity index (χ0n) is 14.3. The normalized spacial score (nSPS) is 18.0. The first-order valence-corrected chi connectivity index (χ1v) is 10.8. The molecule has 1 saturated heterocycles. The molecule has 3 heteroatoms. The summed E-state index contributed by atoms with van der Waals surface area (Å²) in [5.74, 6) is 0. The molecule has 3 rings (SSSR count). The molecule has 1 atom stereocenters. The van der Waals surface area contributed by atoms with Gasteiger partial charge >= 0.3 is 0 Å². The van der Waals surface area contributed by atoms with Gasteiger partial charge in [0, 0.05) is 13.2 Å². The van der Waals surface area contributed by atoms with Crippen LogP contribution in [0.4, 0.5) is 0 Å². The molecule has 127 valence electrons. The summed E-state index contributed by atoms with van der Waals surface area (Å²) in [6, 6.07) is 23.2. The molecule has 24 heavy (non-hydrogen) atoms. The van der Waals surface area contributed by atoms with Gasteiger partial charge in [0.05, 0.1) is 0 Å². The second-order valence-corrected chi connectivity index (χ2v) is 8.95. The Morgan fingerprint density at radius 3 is 2.12 bits per heavy atom. The Bertz CT molecular complexity index is 527. The molecule has 2 nitrogen and oxygen atoms in total. The minimum absolute atomic E-state index is 0.0479. The first kappa shape index (κ1) is 17.4. The Hall–Kier alpha value is -1.42. The van der Waals surface area contributed by atoms with Gasteiger partial charge in [-0.2, -0.15) is 0 Å². The third-order valence-electron chi connectivity index (χ3n) is 4.51. The molecule has 0 bridgehead atoms. The molecule has 2 aromatic rings. The van der Waals surface area contributed by atoms with E-state index in [1.54, 1.807) is 0 Å². The van der Waals surface area contributed by atoms with Crippen molar-refractivity contribution in [2.45, 2.75) is 44.4 Å². The highest BCUT2D eigenvalue weighted by Gasteiger charge is 2.17. The van der Waals surface area contributed by atoms with Crippen LogP contribution in [-0.2, 0) is 9.47 Å². The highest BCUT2D eigenvalue weighted by atomic mass is 28.3. The van der Waals surface area contributed by atoms with Crippen LogP contribution in [0.1, 0.15) is 32.1 Å². The highest BCUT2D eigenvalue weighted by Crippen LogP contribution is 2.14. The number of hydrogen-bond acceptors (Lipinski definition) is 2. The topological polar surface area (TPSA) is 18.5 Å². The molecule has 1 radical (unpaired) electrons. The van der Waals surface area contributed by atoms with Crippen LogP contribution in [0.2, 0.25) is 6.04 Å². The standard InChI is InChI=1S/C21H27O2Si/c1-3-11-19(12-4-1)24(20-13-5-2-6-14-20)18-10-9-17-23-21-15-7-8-16-22-21/h1-6,11-14,21H,7-10,15-18H2. The summed E-state index contributed by atoms with van der Waals surface area (Å²) in [6.07, 6.45) is 5.85. The van der Waals surface area contributed by atoms with E-state index in [-0.39, 0.29) is 6.29 Å². The molecule has 2 aromatic carbocycles. The van der Waals surface area contributed by atoms with Gasteiger partial charge < -0.3 is 9.47 Å². The van der Waals surface area contributed by atoms with Crippen molar-refractivity contribution < 1.29 is 9.47 Å². The van der Waals surface area contributed by atoms with E-state index < -0.39 is 8.80 Å². The summed E-state index contributed by atoms with van der Waals surface area (Å²) >= 11 is 0. The van der Waals surface area contributed by atoms with Crippen LogP contribution in [-0.4, -0.2) is 28.3 Å². The molecular weight excluding hydrogens is 312 g/mol. The summed E-state index contributed by atoms with van der Waals surface area (Å²) in [4.78, 5) is 0. The second kappa shape index (κ2) is 9.77. The fraction of sp³-hybridized carbons (Fsp3) is 0.429. The summed E-state index contributed by atoms with van der Waals surface area (Å²) in [6.45, 7) is 1.68. The van der Waals surface area contributed by atoms with E-state index in [9.17, 15) is 0 Å². The lowest BCUT2D eigenvalue weighted by atomic mass is 10.2. The molecule has 1 unspecified atom stereocenters. The van der Waals surface area contributed by atoms with Crippen LogP contribution < -0.4 is 10.4 Å². The molecule has 0 aliphatic carbocycles. The highest BCUT2D eigenvalue weighted by molar-refractivity contribution is 6.85. The van der Waals surface area contributed by atoms with Crippen molar-refractivity contribution in [2.75, 3.05) is 13.2 Å². The zero-order chi connectivity index (χ0) is 16.5. The Morgan fingerprint density at radius 1 is 0.875 bits per heavy atom. The van der Waals surface area contributed by atoms with Crippen molar-refractivity contribution in [3.8, 4) is 0 Å². The number of rotatable bonds is 8. The summed E-state index contributed by atoms with van der Waals surface area (Å²) in [7, 11) is -0.691. The quantitative estimate of drug-likeness (QED) is 0.540. The van der Waals surface area contributed by atoms with Gasteiger partial charge in [0.15, 0.2) is 6.29 Å². The lowest BCUT2D eigenvalue weighted by Gasteiger charge is -2.22. The van der Waals surface area contributed by atoms with Gasteiger partial charge in [-0.1, -0.05) is 83.5 Å². The van der Waals surface area contributed by atoms with Gasteiger partial charge in [-0.05, 0) is 25.7 Å². The summed E-state index contributed by atoms with van der Waals surface area (Å²) in [5.41, 5.74) is 0. The van der Waals surface area contributed by atoms with E-state index in [0.29, 0.717) is 0 Å². The average Bonchev–Trinajstić information content (AvgIpc) is 2.67. The molecule has 0 N–H and O–H groups in total. The molecule has 0 spiro atoms. The minimum atomic E-state index is -0.691. The van der Waals surface area contributed by atoms with Crippen molar-refractivity contribution in [2.24, 2.45) is 0 Å². The van der Waals surface area contributed by atoms with Crippen LogP contribution in [0, 0.1) is 0 Å². The maximum absolute atomic E-state index is 5.87. The van der Waals surface area contributed by atoms with Gasteiger partial charge in [0.25, 0.3) is 0 Å². The van der Waals surface area contributed by atoms with Crippen molar-refractivity contribution in [3.05, 3.63) is 60.7 Å². The van der Waals surface area contributed by atoms with Gasteiger partial charge in [0.1, 0.15) is 8.80 Å². The third kappa shape index (κ3) is 5.30. The maximum atomic E-state index is 5.87. The SMILES string of the molecule is c1ccc([Si](CCCCOC2CCCCO2)c2ccccc2)cc1. The van der Waals surface area contributed by atoms with E-state index in [1.807, 2.05) is 0 Å². The molecular formula is C21H27O2Si. The van der Waals surface area contributed by atoms with Gasteiger partial charge in [-0.25, -0.2) is 0 Å². The van der Waals surface area contributed by atoms with E-state index in [0.717, 1.165) is 26.1 Å². The van der Waals surface area contributed by atoms with Crippen molar-refractivity contribution in [3.63, 3.8) is 0 Å². The molecule has 1 aliphatic rings. The molecule has 0 aromatic heterocycles. The smallest absolute Gasteiger partial charge is 0.157 e. The maximum Gasteiger partial charge on any atom is 0.157 e. The van der Waals surface area contributed by atoms with Crippen LogP contribution >= 0.6 is 0 Å². The Morgan fingerprint density at radius 2 is 1.54 bits per heavy atom. The number of ether oxygens (including phenoxy) is 2. The lowest BCUT2D eigenvalue weighted by Crippen LogP contribution is -2.41. The van der Waals surface area contributed by atoms with Gasteiger partial charge in [-0.15, -0.1) is 0 Å². The zero-order valence-corrected chi connectivity index (χ0v) is 15.3. The molecule has 1 fully saturated rings. The fourth-order valence-corrected chi connectivity index (χ4v) is 5.90. The lowest BCUT2D eigenvalue weighted by molar-refractivity contribution is -0.162. The Balaban J connectivity index is 1.49. The molecule has 1 aliphatic heterocycles. The van der Waals surface area contributed by atoms with E-state index >= 15 is 0 Å². The summed E-state index contributed by atoms with van der Waals surface area (Å²) in [5, 5.41) is 3.01. The summed E-state index contributed by atoms with van der Waals surface area (Å²) < 4.78 is 11.5. The largest absolute Gasteiger partial charge is 0.353 e. The van der Waals surface area contributed by atoms with Crippen molar-refractivity contribution >= 4 is 19.2 Å². The third-order valence-corrected chi connectivity index (χ3v) is 7.42. The van der Waals surface area contributed by atoms with E-state index in [4.69, 9.17) is 9.47 Å². The van der Waals surface area contributed by atoms with Crippen LogP contribution in [0.5, 0.6) is 0 Å².